The first-order chi connectivity index (χ1) is 14.1. The van der Waals surface area contributed by atoms with E-state index in [9.17, 15) is 28.1 Å². The Morgan fingerprint density at radius 3 is 2.43 bits per heavy atom. The Balaban J connectivity index is 2.11. The van der Waals surface area contributed by atoms with Crippen LogP contribution in [0.25, 0.3) is 22.0 Å². The van der Waals surface area contributed by atoms with Gasteiger partial charge in [0.05, 0.1) is 26.5 Å². The van der Waals surface area contributed by atoms with Gasteiger partial charge in [0.15, 0.2) is 15.6 Å². The van der Waals surface area contributed by atoms with E-state index in [0.717, 1.165) is 6.26 Å². The molecule has 2 aromatic carbocycles. The zero-order valence-electron chi connectivity index (χ0n) is 15.7. The summed E-state index contributed by atoms with van der Waals surface area (Å²) in [6.07, 6.45) is 1.65. The third-order valence-corrected chi connectivity index (χ3v) is 6.80. The minimum atomic E-state index is -3.53. The van der Waals surface area contributed by atoms with E-state index in [-0.39, 0.29) is 27.1 Å². The highest BCUT2D eigenvalue weighted by Crippen LogP contribution is 2.40. The first-order valence-electron chi connectivity index (χ1n) is 8.95. The van der Waals surface area contributed by atoms with Crippen molar-refractivity contribution in [2.24, 2.45) is 0 Å². The Hall–Kier alpha value is -2.85. The number of hydrogen-bond donors (Lipinski definition) is 0. The molecule has 0 fully saturated rings. The van der Waals surface area contributed by atoms with Crippen LogP contribution in [0, 0.1) is 10.1 Å². The van der Waals surface area contributed by atoms with Crippen molar-refractivity contribution in [1.82, 2.24) is 4.57 Å². The zero-order valence-corrected chi connectivity index (χ0v) is 18.1. The molecule has 8 nitrogen and oxygen atoms in total. The van der Waals surface area contributed by atoms with Crippen LogP contribution in [-0.2, 0) is 16.4 Å². The van der Waals surface area contributed by atoms with Crippen LogP contribution >= 0.6 is 15.9 Å². The molecule has 0 saturated heterocycles. The number of sulfone groups is 1. The number of aromatic nitrogens is 1. The van der Waals surface area contributed by atoms with E-state index in [4.69, 9.17) is 0 Å². The summed E-state index contributed by atoms with van der Waals surface area (Å²) in [5.74, 6) is -0.406. The first-order valence-corrected chi connectivity index (χ1v) is 12.0. The predicted octanol–water partition coefficient (Wildman–Crippen LogP) is 3.31. The van der Waals surface area contributed by atoms with Crippen molar-refractivity contribution < 1.29 is 18.1 Å². The van der Waals surface area contributed by atoms with Gasteiger partial charge in [0, 0.05) is 46.8 Å². The lowest BCUT2D eigenvalue weighted by Crippen LogP contribution is -2.23. The number of ketones is 1. The van der Waals surface area contributed by atoms with Gasteiger partial charge < -0.3 is 4.57 Å². The molecule has 0 radical (unpaired) electrons. The quantitative estimate of drug-likeness (QED) is 0.240. The van der Waals surface area contributed by atoms with Gasteiger partial charge in [-0.1, -0.05) is 22.0 Å². The van der Waals surface area contributed by atoms with Gasteiger partial charge in [-0.25, -0.2) is 8.42 Å². The molecule has 154 valence electrons. The van der Waals surface area contributed by atoms with Crippen LogP contribution in [0.5, 0.6) is 0 Å². The van der Waals surface area contributed by atoms with Gasteiger partial charge in [0.25, 0.3) is 11.2 Å². The van der Waals surface area contributed by atoms with Crippen LogP contribution in [0.4, 0.5) is 5.69 Å². The molecule has 0 amide bonds. The lowest BCUT2D eigenvalue weighted by atomic mass is 10.0. The molecule has 1 aromatic heterocycles. The molecule has 3 aromatic rings. The summed E-state index contributed by atoms with van der Waals surface area (Å²) in [4.78, 5) is 37.1. The molecular formula is C20H15BrN2O6S. The number of rotatable bonds is 5. The number of hydrogen-bond acceptors (Lipinski definition) is 6. The molecule has 0 N–H and O–H groups in total. The fourth-order valence-electron chi connectivity index (χ4n) is 3.77. The van der Waals surface area contributed by atoms with Crippen LogP contribution in [-0.4, -0.2) is 35.3 Å². The maximum Gasteiger partial charge on any atom is 0.270 e. The molecule has 0 unspecified atom stereocenters. The fourth-order valence-corrected chi connectivity index (χ4v) is 4.67. The second-order valence-corrected chi connectivity index (χ2v) is 9.83. The zero-order chi connectivity index (χ0) is 21.8. The highest BCUT2D eigenvalue weighted by Gasteiger charge is 2.34. The van der Waals surface area contributed by atoms with Crippen molar-refractivity contribution >= 4 is 48.0 Å². The molecular weight excluding hydrogens is 476 g/mol. The maximum atomic E-state index is 13.3. The lowest BCUT2D eigenvalue weighted by molar-refractivity contribution is -0.384. The summed E-state index contributed by atoms with van der Waals surface area (Å²) >= 11 is 3.33. The summed E-state index contributed by atoms with van der Waals surface area (Å²) in [5, 5.41) is 12.2. The van der Waals surface area contributed by atoms with Crippen LogP contribution in [0.3, 0.4) is 0 Å². The van der Waals surface area contributed by atoms with Gasteiger partial charge in [-0.3, -0.25) is 19.7 Å². The Morgan fingerprint density at radius 2 is 1.80 bits per heavy atom. The number of non-ortho nitro benzene ring substituents is 1. The van der Waals surface area contributed by atoms with Crippen molar-refractivity contribution in [3.05, 3.63) is 68.0 Å². The highest BCUT2D eigenvalue weighted by atomic mass is 79.9. The summed E-state index contributed by atoms with van der Waals surface area (Å²) < 4.78 is 25.4. The first kappa shape index (κ1) is 20.4. The number of carbonyl (C=O) groups is 1. The normalized spacial score (nSPS) is 12.8. The average Bonchev–Trinajstić information content (AvgIpc) is 2.99. The molecule has 1 aliphatic carbocycles. The largest absolute Gasteiger partial charge is 0.307 e. The monoisotopic (exact) mass is 490 g/mol. The number of nitro groups is 1. The number of fused-ring (bicyclic) bond motifs is 5. The fraction of sp³-hybridized carbons (Fsp3) is 0.200. The molecule has 0 spiro atoms. The summed E-state index contributed by atoms with van der Waals surface area (Å²) in [6.45, 7) is 0.297. The molecule has 0 saturated carbocycles. The van der Waals surface area contributed by atoms with Crippen molar-refractivity contribution in [2.75, 3.05) is 11.6 Å². The molecule has 0 bridgehead atoms. The number of pyridine rings is 1. The summed E-state index contributed by atoms with van der Waals surface area (Å²) in [5.41, 5.74) is 0.687. The van der Waals surface area contributed by atoms with Gasteiger partial charge in [-0.05, 0) is 24.6 Å². The van der Waals surface area contributed by atoms with E-state index in [1.165, 1.54) is 41.0 Å². The van der Waals surface area contributed by atoms with E-state index in [0.29, 0.717) is 34.9 Å². The molecule has 1 aliphatic rings. The third-order valence-electron chi connectivity index (χ3n) is 5.13. The van der Waals surface area contributed by atoms with Crippen molar-refractivity contribution in [3.8, 4) is 11.3 Å². The van der Waals surface area contributed by atoms with Gasteiger partial charge in [0.2, 0.25) is 0 Å². The molecule has 0 atom stereocenters. The molecule has 1 heterocycles. The van der Waals surface area contributed by atoms with Crippen LogP contribution in [0.15, 0.2) is 46.1 Å². The number of nitro benzene ring substituents is 1. The van der Waals surface area contributed by atoms with E-state index in [2.05, 4.69) is 15.9 Å². The Morgan fingerprint density at radius 1 is 1.07 bits per heavy atom. The predicted molar refractivity (Wildman–Crippen MR) is 115 cm³/mol. The Bertz CT molecular complexity index is 1430. The lowest BCUT2D eigenvalue weighted by Gasteiger charge is -2.14. The summed E-state index contributed by atoms with van der Waals surface area (Å²) in [7, 11) is -3.53. The second-order valence-electron chi connectivity index (χ2n) is 7.02. The van der Waals surface area contributed by atoms with Gasteiger partial charge >= 0.3 is 0 Å². The average molecular weight is 491 g/mol. The highest BCUT2D eigenvalue weighted by molar-refractivity contribution is 9.09. The van der Waals surface area contributed by atoms with E-state index in [1.54, 1.807) is 0 Å². The molecule has 10 heteroatoms. The van der Waals surface area contributed by atoms with Crippen LogP contribution in [0.2, 0.25) is 0 Å². The van der Waals surface area contributed by atoms with E-state index >= 15 is 0 Å². The number of alkyl halides is 1. The van der Waals surface area contributed by atoms with E-state index < -0.39 is 26.1 Å². The minimum absolute atomic E-state index is 0.0108. The van der Waals surface area contributed by atoms with Crippen LogP contribution < -0.4 is 5.56 Å². The van der Waals surface area contributed by atoms with Crippen LogP contribution in [0.1, 0.15) is 22.3 Å². The summed E-state index contributed by atoms with van der Waals surface area (Å²) in [6, 6.07) is 8.11. The smallest absolute Gasteiger partial charge is 0.270 e. The number of benzene rings is 2. The van der Waals surface area contributed by atoms with Crippen molar-refractivity contribution in [2.45, 2.75) is 17.9 Å². The molecule has 4 rings (SSSR count). The second kappa shape index (κ2) is 7.13. The van der Waals surface area contributed by atoms with E-state index in [1.807, 2.05) is 0 Å². The number of halogens is 1. The van der Waals surface area contributed by atoms with Crippen molar-refractivity contribution in [1.29, 1.82) is 0 Å². The Kier molecular flexibility index (Phi) is 4.86. The molecule has 0 aliphatic heterocycles. The maximum absolute atomic E-state index is 13.3. The number of carbonyl (C=O) groups excluding carboxylic acids is 1. The molecule has 30 heavy (non-hydrogen) atoms. The van der Waals surface area contributed by atoms with Crippen molar-refractivity contribution in [3.63, 3.8) is 0 Å². The Labute approximate surface area is 179 Å². The number of nitrogens with zero attached hydrogens (tertiary/aromatic N) is 2. The van der Waals surface area contributed by atoms with Gasteiger partial charge in [0.1, 0.15) is 0 Å². The van der Waals surface area contributed by atoms with Gasteiger partial charge in [-0.15, -0.1) is 0 Å². The SMILES string of the molecule is CS(=O)(=O)c1ccc2c(c1)C(=O)c1c-2n(CCCBr)c(=O)c2cc([N+](=O)[O-])ccc12. The standard InChI is InChI=1S/C20H15BrN2O6S/c1-30(28,29)12-4-6-14-15(10-12)19(24)17-13-5-3-11(23(26)27)9-16(13)20(25)22(18(14)17)8-2-7-21/h3-6,9-10H,2,7-8H2,1H3. The topological polar surface area (TPSA) is 116 Å². The van der Waals surface area contributed by atoms with Gasteiger partial charge in [-0.2, -0.15) is 0 Å². The third kappa shape index (κ3) is 3.07. The minimum Gasteiger partial charge on any atom is -0.307 e.